The lowest BCUT2D eigenvalue weighted by molar-refractivity contribution is -0.118. The summed E-state index contributed by atoms with van der Waals surface area (Å²) in [6.07, 6.45) is 0. The highest BCUT2D eigenvalue weighted by Crippen LogP contribution is 2.30. The highest BCUT2D eigenvalue weighted by Gasteiger charge is 2.25. The summed E-state index contributed by atoms with van der Waals surface area (Å²) in [7, 11) is -4.40. The zero-order valence-corrected chi connectivity index (χ0v) is 24.2. The number of fused-ring (bicyclic) bond motifs is 1. The summed E-state index contributed by atoms with van der Waals surface area (Å²) in [4.78, 5) is 23.9. The van der Waals surface area contributed by atoms with Gasteiger partial charge in [0.15, 0.2) is 0 Å². The summed E-state index contributed by atoms with van der Waals surface area (Å²) in [6, 6.07) is 12.9. The fourth-order valence-corrected chi connectivity index (χ4v) is 6.11. The second-order valence-electron chi connectivity index (χ2n) is 6.75. The first-order valence-electron chi connectivity index (χ1n) is 9.45. The van der Waals surface area contributed by atoms with Crippen molar-refractivity contribution in [3.8, 4) is 0 Å². The minimum atomic E-state index is -4.40. The molecule has 8 nitrogen and oxygen atoms in total. The molecule has 33 heavy (non-hydrogen) atoms. The molecule has 0 spiro atoms. The Morgan fingerprint density at radius 3 is 2.27 bits per heavy atom. The Bertz CT molecular complexity index is 1310. The topological polar surface area (TPSA) is 128 Å². The van der Waals surface area contributed by atoms with E-state index in [2.05, 4.69) is 10.6 Å². The quantitative estimate of drug-likeness (QED) is 0.103. The third kappa shape index (κ3) is 6.39. The molecule has 4 N–H and O–H groups in total. The van der Waals surface area contributed by atoms with E-state index in [9.17, 15) is 18.0 Å². The fraction of sp³-hybridized carbons (Fsp3) is 0.143. The predicted molar refractivity (Wildman–Crippen MR) is 153 cm³/mol. The van der Waals surface area contributed by atoms with E-state index in [4.69, 9.17) is 9.92 Å². The molecule has 1 amide bonds. The number of halogens is 3. The number of nitrogens with one attached hydrogen (secondary N) is 2. The first-order chi connectivity index (χ1) is 15.6. The van der Waals surface area contributed by atoms with Gasteiger partial charge in [-0.1, -0.05) is 46.9 Å². The van der Waals surface area contributed by atoms with Crippen molar-refractivity contribution in [2.45, 2.75) is 4.90 Å². The number of rotatable bonds is 8. The van der Waals surface area contributed by atoms with Crippen LogP contribution in [0.4, 0.5) is 11.4 Å². The molecule has 174 valence electrons. The Balaban J connectivity index is 1.87. The average molecular weight is 805 g/mol. The van der Waals surface area contributed by atoms with Crippen LogP contribution in [-0.2, 0) is 19.1 Å². The highest BCUT2D eigenvalue weighted by molar-refractivity contribution is 14.1. The van der Waals surface area contributed by atoms with Crippen LogP contribution < -0.4 is 16.4 Å². The summed E-state index contributed by atoms with van der Waals surface area (Å²) in [6.45, 7) is 0.884. The van der Waals surface area contributed by atoms with Crippen LogP contribution in [0, 0.1) is 7.14 Å². The molecule has 3 rings (SSSR count). The summed E-state index contributed by atoms with van der Waals surface area (Å²) < 4.78 is 32.6. The molecule has 0 atom stereocenters. The number of nitrogen functional groups attached to an aromatic ring is 1. The lowest BCUT2D eigenvalue weighted by Crippen LogP contribution is -2.29. The Hall–Kier alpha value is -1.40. The fourth-order valence-electron chi connectivity index (χ4n) is 2.99. The number of benzene rings is 3. The molecule has 0 aromatic heterocycles. The van der Waals surface area contributed by atoms with Gasteiger partial charge < -0.3 is 20.6 Å². The maximum atomic E-state index is 13.0. The van der Waals surface area contributed by atoms with Gasteiger partial charge in [-0.3, -0.25) is 4.79 Å². The second-order valence-corrected chi connectivity index (χ2v) is 11.3. The van der Waals surface area contributed by atoms with Crippen molar-refractivity contribution in [1.82, 2.24) is 5.32 Å². The number of nitrogens with two attached hydrogens (primary N) is 1. The molecule has 0 fully saturated rings. The Morgan fingerprint density at radius 2 is 1.61 bits per heavy atom. The number of hydrogen-bond acceptors (Lipinski definition) is 7. The van der Waals surface area contributed by atoms with Crippen LogP contribution in [0.2, 0.25) is 0 Å². The molecular weight excluding hydrogens is 787 g/mol. The second kappa shape index (κ2) is 11.4. The smallest absolute Gasteiger partial charge is 0.354 e. The number of carbonyl (C=O) groups is 2. The van der Waals surface area contributed by atoms with Crippen molar-refractivity contribution in [2.75, 3.05) is 28.6 Å². The van der Waals surface area contributed by atoms with E-state index in [1.165, 1.54) is 18.2 Å². The van der Waals surface area contributed by atoms with Gasteiger partial charge >= 0.3 is 16.1 Å². The standard InChI is InChI=1S/C21H18I3N3O5S/c22-11-19(28)27-8-7-26-17-5-1-4-14-13(17)3-2-6-18(14)33(30,31)32-21(29)12-9-15(23)20(25)16(24)10-12/h1-6,9-10,26H,7-8,11,25H2,(H,27,28). The number of anilines is 2. The van der Waals surface area contributed by atoms with Gasteiger partial charge in [0.25, 0.3) is 0 Å². The molecule has 0 unspecified atom stereocenters. The molecule has 0 saturated carbocycles. The van der Waals surface area contributed by atoms with Gasteiger partial charge in [0, 0.05) is 36.7 Å². The minimum absolute atomic E-state index is 0.0593. The van der Waals surface area contributed by atoms with Crippen molar-refractivity contribution < 1.29 is 22.2 Å². The normalized spacial score (nSPS) is 11.2. The lowest BCUT2D eigenvalue weighted by Gasteiger charge is -2.13. The van der Waals surface area contributed by atoms with Crippen LogP contribution in [-0.4, -0.2) is 37.8 Å². The van der Waals surface area contributed by atoms with Gasteiger partial charge in [0.1, 0.15) is 4.90 Å². The van der Waals surface area contributed by atoms with E-state index in [1.807, 2.05) is 73.8 Å². The number of alkyl halides is 1. The maximum Gasteiger partial charge on any atom is 0.354 e. The van der Waals surface area contributed by atoms with Crippen LogP contribution in [0.1, 0.15) is 10.4 Å². The largest absolute Gasteiger partial charge is 0.397 e. The maximum absolute atomic E-state index is 13.0. The number of carbonyl (C=O) groups excluding carboxylic acids is 2. The zero-order valence-electron chi connectivity index (χ0n) is 16.9. The Kier molecular flexibility index (Phi) is 9.02. The number of amides is 1. The molecule has 3 aromatic rings. The summed E-state index contributed by atoms with van der Waals surface area (Å²) in [5.41, 5.74) is 7.20. The van der Waals surface area contributed by atoms with Crippen LogP contribution >= 0.6 is 67.8 Å². The first kappa shape index (κ1) is 26.2. The Labute approximate surface area is 231 Å². The van der Waals surface area contributed by atoms with Gasteiger partial charge in [-0.05, 0) is 69.4 Å². The zero-order chi connectivity index (χ0) is 24.2. The molecule has 0 aliphatic heterocycles. The van der Waals surface area contributed by atoms with Crippen LogP contribution in [0.15, 0.2) is 53.4 Å². The Morgan fingerprint density at radius 1 is 0.970 bits per heavy atom. The van der Waals surface area contributed by atoms with Gasteiger partial charge in [-0.15, -0.1) is 0 Å². The van der Waals surface area contributed by atoms with Gasteiger partial charge in [-0.25, -0.2) is 4.79 Å². The molecule has 0 aliphatic rings. The summed E-state index contributed by atoms with van der Waals surface area (Å²) >= 11 is 5.93. The molecular formula is C21H18I3N3O5S. The van der Waals surface area contributed by atoms with E-state index in [1.54, 1.807) is 24.3 Å². The third-order valence-electron chi connectivity index (χ3n) is 4.54. The van der Waals surface area contributed by atoms with Crippen LogP contribution in [0.3, 0.4) is 0 Å². The van der Waals surface area contributed by atoms with Crippen LogP contribution in [0.25, 0.3) is 10.8 Å². The summed E-state index contributed by atoms with van der Waals surface area (Å²) in [5.74, 6) is -1.04. The number of hydrogen-bond donors (Lipinski definition) is 3. The monoisotopic (exact) mass is 805 g/mol. The van der Waals surface area contributed by atoms with Gasteiger partial charge in [0.05, 0.1) is 15.7 Å². The summed E-state index contributed by atoms with van der Waals surface area (Å²) in [5, 5.41) is 7.02. The van der Waals surface area contributed by atoms with E-state index >= 15 is 0 Å². The minimum Gasteiger partial charge on any atom is -0.397 e. The lowest BCUT2D eigenvalue weighted by atomic mass is 10.1. The molecule has 0 heterocycles. The van der Waals surface area contributed by atoms with Crippen molar-refractivity contribution in [3.05, 3.63) is 61.2 Å². The molecule has 0 radical (unpaired) electrons. The molecule has 3 aromatic carbocycles. The molecule has 0 aliphatic carbocycles. The van der Waals surface area contributed by atoms with Gasteiger partial charge in [-0.2, -0.15) is 8.42 Å². The van der Waals surface area contributed by atoms with Crippen LogP contribution in [0.5, 0.6) is 0 Å². The van der Waals surface area contributed by atoms with E-state index in [0.717, 1.165) is 0 Å². The van der Waals surface area contributed by atoms with Crippen molar-refractivity contribution >= 4 is 112 Å². The first-order valence-corrected chi connectivity index (χ1v) is 14.5. The van der Waals surface area contributed by atoms with E-state index in [-0.39, 0.29) is 16.4 Å². The van der Waals surface area contributed by atoms with Crippen molar-refractivity contribution in [1.29, 1.82) is 0 Å². The highest BCUT2D eigenvalue weighted by atomic mass is 127. The molecule has 0 saturated heterocycles. The van der Waals surface area contributed by atoms with E-state index in [0.29, 0.717) is 46.8 Å². The average Bonchev–Trinajstić information content (AvgIpc) is 2.79. The van der Waals surface area contributed by atoms with Crippen molar-refractivity contribution in [2.24, 2.45) is 0 Å². The van der Waals surface area contributed by atoms with Gasteiger partial charge in [0.2, 0.25) is 5.91 Å². The van der Waals surface area contributed by atoms with Crippen molar-refractivity contribution in [3.63, 3.8) is 0 Å². The predicted octanol–water partition coefficient (Wildman–Crippen LogP) is 4.14. The van der Waals surface area contributed by atoms with E-state index < -0.39 is 16.1 Å². The third-order valence-corrected chi connectivity index (χ3v) is 8.28. The molecule has 12 heteroatoms. The SMILES string of the molecule is Nc1c(I)cc(C(=O)OS(=O)(=O)c2cccc3c(NCCNC(=O)CI)cccc23)cc1I. The molecule has 0 bridgehead atoms.